The molecule has 23 heavy (non-hydrogen) atoms. The second-order valence-electron chi connectivity index (χ2n) is 9.69. The maximum Gasteiger partial charge on any atom is 0.0717 e. The molecule has 1 aliphatic heterocycles. The van der Waals surface area contributed by atoms with E-state index in [-0.39, 0.29) is 0 Å². The number of hydrogen-bond acceptors (Lipinski definition) is 2. The lowest BCUT2D eigenvalue weighted by atomic mass is 9.88. The van der Waals surface area contributed by atoms with Crippen LogP contribution >= 0.6 is 0 Å². The van der Waals surface area contributed by atoms with Crippen LogP contribution in [0.3, 0.4) is 0 Å². The molecule has 0 N–H and O–H groups in total. The normalized spacial score (nSPS) is 17.3. The zero-order chi connectivity index (χ0) is 17.1. The van der Waals surface area contributed by atoms with Crippen LogP contribution in [0, 0.1) is 16.7 Å². The van der Waals surface area contributed by atoms with Gasteiger partial charge in [-0.3, -0.25) is 0 Å². The molecule has 1 aromatic carbocycles. The van der Waals surface area contributed by atoms with Gasteiger partial charge in [-0.05, 0) is 28.4 Å². The van der Waals surface area contributed by atoms with Gasteiger partial charge in [0.25, 0.3) is 0 Å². The molecule has 0 aliphatic carbocycles. The first-order valence-electron chi connectivity index (χ1n) is 8.99. The van der Waals surface area contributed by atoms with Crippen molar-refractivity contribution in [3.05, 3.63) is 35.4 Å². The standard InChI is InChI=1S/C21H35NO/c1-20(2,3)11-17-7-9-18(10-8-17)14-23-15-19-12-22(13-19)16-21(4,5)6/h7-10,19H,11-16H2,1-6H3. The van der Waals surface area contributed by atoms with E-state index in [0.717, 1.165) is 25.6 Å². The Morgan fingerprint density at radius 2 is 1.48 bits per heavy atom. The third-order valence-electron chi connectivity index (χ3n) is 4.11. The summed E-state index contributed by atoms with van der Waals surface area (Å²) in [5.41, 5.74) is 3.45. The summed E-state index contributed by atoms with van der Waals surface area (Å²) >= 11 is 0. The Labute approximate surface area is 143 Å². The third kappa shape index (κ3) is 7.05. The number of benzene rings is 1. The lowest BCUT2D eigenvalue weighted by Gasteiger charge is -2.42. The van der Waals surface area contributed by atoms with E-state index in [4.69, 9.17) is 4.74 Å². The van der Waals surface area contributed by atoms with Crippen LogP contribution in [0.5, 0.6) is 0 Å². The van der Waals surface area contributed by atoms with E-state index in [2.05, 4.69) is 70.7 Å². The number of rotatable bonds is 6. The van der Waals surface area contributed by atoms with Crippen molar-refractivity contribution in [1.82, 2.24) is 4.90 Å². The van der Waals surface area contributed by atoms with Crippen LogP contribution in [0.2, 0.25) is 0 Å². The summed E-state index contributed by atoms with van der Waals surface area (Å²) in [6, 6.07) is 8.93. The SMILES string of the molecule is CC(C)(C)Cc1ccc(COCC2CN(CC(C)(C)C)C2)cc1. The quantitative estimate of drug-likeness (QED) is 0.749. The van der Waals surface area contributed by atoms with Crippen molar-refractivity contribution in [3.8, 4) is 0 Å². The lowest BCUT2D eigenvalue weighted by Crippen LogP contribution is -2.51. The first-order valence-corrected chi connectivity index (χ1v) is 8.99. The van der Waals surface area contributed by atoms with Crippen molar-refractivity contribution in [3.63, 3.8) is 0 Å². The van der Waals surface area contributed by atoms with Gasteiger partial charge in [0.05, 0.1) is 13.2 Å². The average molecular weight is 318 g/mol. The van der Waals surface area contributed by atoms with Gasteiger partial charge in [0.15, 0.2) is 0 Å². The lowest BCUT2D eigenvalue weighted by molar-refractivity contribution is -0.00523. The van der Waals surface area contributed by atoms with Gasteiger partial charge in [0.2, 0.25) is 0 Å². The predicted molar refractivity (Wildman–Crippen MR) is 98.6 cm³/mol. The molecular formula is C21H35NO. The molecule has 0 saturated carbocycles. The van der Waals surface area contributed by atoms with E-state index < -0.39 is 0 Å². The fraction of sp³-hybridized carbons (Fsp3) is 0.714. The van der Waals surface area contributed by atoms with Crippen LogP contribution in [0.25, 0.3) is 0 Å². The molecule has 130 valence electrons. The van der Waals surface area contributed by atoms with E-state index in [1.165, 1.54) is 30.8 Å². The first kappa shape index (κ1) is 18.5. The molecule has 0 unspecified atom stereocenters. The second-order valence-corrected chi connectivity index (χ2v) is 9.69. The molecule has 1 fully saturated rings. The Morgan fingerprint density at radius 1 is 0.913 bits per heavy atom. The molecule has 1 saturated heterocycles. The molecule has 1 heterocycles. The summed E-state index contributed by atoms with van der Waals surface area (Å²) in [5, 5.41) is 0. The molecule has 0 bridgehead atoms. The van der Waals surface area contributed by atoms with E-state index >= 15 is 0 Å². The van der Waals surface area contributed by atoms with Gasteiger partial charge in [-0.25, -0.2) is 0 Å². The van der Waals surface area contributed by atoms with Crippen molar-refractivity contribution in [2.45, 2.75) is 54.6 Å². The topological polar surface area (TPSA) is 12.5 Å². The maximum absolute atomic E-state index is 5.92. The molecule has 2 nitrogen and oxygen atoms in total. The van der Waals surface area contributed by atoms with Crippen LogP contribution in [0.4, 0.5) is 0 Å². The Balaban J connectivity index is 1.64. The highest BCUT2D eigenvalue weighted by Crippen LogP contribution is 2.23. The third-order valence-corrected chi connectivity index (χ3v) is 4.11. The van der Waals surface area contributed by atoms with Gasteiger partial charge in [-0.2, -0.15) is 0 Å². The van der Waals surface area contributed by atoms with E-state index in [9.17, 15) is 0 Å². The fourth-order valence-corrected chi connectivity index (χ4v) is 3.29. The van der Waals surface area contributed by atoms with E-state index in [1.54, 1.807) is 0 Å². The molecule has 2 heteroatoms. The summed E-state index contributed by atoms with van der Waals surface area (Å²) in [7, 11) is 0. The molecular weight excluding hydrogens is 282 g/mol. The predicted octanol–water partition coefficient (Wildman–Crippen LogP) is 4.77. The number of ether oxygens (including phenoxy) is 1. The molecule has 1 aliphatic rings. The molecule has 0 spiro atoms. The van der Waals surface area contributed by atoms with Crippen molar-refractivity contribution in [1.29, 1.82) is 0 Å². The minimum atomic E-state index is 0.348. The molecule has 0 atom stereocenters. The number of hydrogen-bond donors (Lipinski definition) is 0. The summed E-state index contributed by atoms with van der Waals surface area (Å²) < 4.78 is 5.92. The Hall–Kier alpha value is -0.860. The zero-order valence-corrected chi connectivity index (χ0v) is 16.0. The first-order chi connectivity index (χ1) is 10.6. The Kier molecular flexibility index (Phi) is 5.91. The van der Waals surface area contributed by atoms with Gasteiger partial charge in [0, 0.05) is 25.6 Å². The molecule has 0 aromatic heterocycles. The van der Waals surface area contributed by atoms with E-state index in [0.29, 0.717) is 10.8 Å². The van der Waals surface area contributed by atoms with Crippen LogP contribution in [-0.4, -0.2) is 31.1 Å². The smallest absolute Gasteiger partial charge is 0.0717 e. The van der Waals surface area contributed by atoms with Crippen LogP contribution in [0.1, 0.15) is 52.7 Å². The van der Waals surface area contributed by atoms with Gasteiger partial charge in [0.1, 0.15) is 0 Å². The highest BCUT2D eigenvalue weighted by Gasteiger charge is 2.29. The number of likely N-dealkylation sites (tertiary alicyclic amines) is 1. The molecule has 2 rings (SSSR count). The van der Waals surface area contributed by atoms with Crippen molar-refractivity contribution < 1.29 is 4.74 Å². The van der Waals surface area contributed by atoms with Crippen LogP contribution in [0.15, 0.2) is 24.3 Å². The van der Waals surface area contributed by atoms with Gasteiger partial charge < -0.3 is 9.64 Å². The molecule has 0 radical (unpaired) electrons. The van der Waals surface area contributed by atoms with Gasteiger partial charge >= 0.3 is 0 Å². The van der Waals surface area contributed by atoms with Crippen molar-refractivity contribution in [2.75, 3.05) is 26.2 Å². The fourth-order valence-electron chi connectivity index (χ4n) is 3.29. The second kappa shape index (κ2) is 7.36. The van der Waals surface area contributed by atoms with Crippen LogP contribution < -0.4 is 0 Å². The highest BCUT2D eigenvalue weighted by atomic mass is 16.5. The Bertz CT molecular complexity index is 472. The number of nitrogens with zero attached hydrogens (tertiary/aromatic N) is 1. The van der Waals surface area contributed by atoms with Crippen molar-refractivity contribution in [2.24, 2.45) is 16.7 Å². The summed E-state index contributed by atoms with van der Waals surface area (Å²) in [5.74, 6) is 0.720. The highest BCUT2D eigenvalue weighted by molar-refractivity contribution is 5.22. The minimum absolute atomic E-state index is 0.348. The summed E-state index contributed by atoms with van der Waals surface area (Å²) in [6.07, 6.45) is 1.12. The molecule has 1 aromatic rings. The monoisotopic (exact) mass is 317 g/mol. The summed E-state index contributed by atoms with van der Waals surface area (Å²) in [4.78, 5) is 2.54. The molecule has 0 amide bonds. The summed E-state index contributed by atoms with van der Waals surface area (Å²) in [6.45, 7) is 19.0. The maximum atomic E-state index is 5.92. The largest absolute Gasteiger partial charge is 0.376 e. The Morgan fingerprint density at radius 3 is 2.00 bits per heavy atom. The minimum Gasteiger partial charge on any atom is -0.376 e. The van der Waals surface area contributed by atoms with Gasteiger partial charge in [-0.15, -0.1) is 0 Å². The average Bonchev–Trinajstić information content (AvgIpc) is 2.34. The zero-order valence-electron chi connectivity index (χ0n) is 16.0. The van der Waals surface area contributed by atoms with Crippen LogP contribution in [-0.2, 0) is 17.8 Å². The van der Waals surface area contributed by atoms with E-state index in [1.807, 2.05) is 0 Å². The van der Waals surface area contributed by atoms with Gasteiger partial charge in [-0.1, -0.05) is 65.8 Å². The van der Waals surface area contributed by atoms with Crippen molar-refractivity contribution >= 4 is 0 Å².